The van der Waals surface area contributed by atoms with E-state index in [1.165, 1.54) is 23.5 Å². The molecule has 6 nitrogen and oxygen atoms in total. The lowest BCUT2D eigenvalue weighted by atomic mass is 10.0. The highest BCUT2D eigenvalue weighted by atomic mass is 32.2. The van der Waals surface area contributed by atoms with E-state index in [9.17, 15) is 13.2 Å². The van der Waals surface area contributed by atoms with E-state index in [4.69, 9.17) is 4.74 Å². The van der Waals surface area contributed by atoms with Crippen LogP contribution in [0.4, 0.5) is 0 Å². The van der Waals surface area contributed by atoms with Crippen molar-refractivity contribution in [2.75, 3.05) is 13.7 Å². The molecule has 0 aromatic heterocycles. The number of rotatable bonds is 8. The molecule has 146 valence electrons. The van der Waals surface area contributed by atoms with Crippen molar-refractivity contribution in [1.82, 2.24) is 9.62 Å². The predicted molar refractivity (Wildman–Crippen MR) is 102 cm³/mol. The summed E-state index contributed by atoms with van der Waals surface area (Å²) in [7, 11) is -2.17. The number of amides is 1. The normalized spacial score (nSPS) is 19.5. The fourth-order valence-electron chi connectivity index (χ4n) is 3.17. The average Bonchev–Trinajstić information content (AvgIpc) is 3.10. The molecule has 1 heterocycles. The Bertz CT molecular complexity index is 701. The Morgan fingerprint density at radius 1 is 1.23 bits per heavy atom. The maximum absolute atomic E-state index is 13.0. The molecule has 1 amide bonds. The van der Waals surface area contributed by atoms with E-state index in [2.05, 4.69) is 19.2 Å². The quantitative estimate of drug-likeness (QED) is 0.750. The molecule has 1 saturated heterocycles. The van der Waals surface area contributed by atoms with Gasteiger partial charge in [-0.3, -0.25) is 4.79 Å². The second-order valence-electron chi connectivity index (χ2n) is 7.33. The van der Waals surface area contributed by atoms with Gasteiger partial charge in [-0.05, 0) is 62.8 Å². The van der Waals surface area contributed by atoms with Crippen LogP contribution < -0.4 is 10.1 Å². The van der Waals surface area contributed by atoms with Gasteiger partial charge < -0.3 is 10.1 Å². The number of benzene rings is 1. The third-order valence-electron chi connectivity index (χ3n) is 4.74. The summed E-state index contributed by atoms with van der Waals surface area (Å²) in [6.45, 7) is 6.63. The number of nitrogens with one attached hydrogen (secondary N) is 1. The van der Waals surface area contributed by atoms with E-state index in [1.807, 2.05) is 6.92 Å². The van der Waals surface area contributed by atoms with Gasteiger partial charge in [-0.25, -0.2) is 8.42 Å². The van der Waals surface area contributed by atoms with Crippen molar-refractivity contribution in [2.24, 2.45) is 5.92 Å². The lowest BCUT2D eigenvalue weighted by molar-refractivity contribution is -0.124. The lowest BCUT2D eigenvalue weighted by Gasteiger charge is -2.25. The number of hydrogen-bond acceptors (Lipinski definition) is 4. The Kier molecular flexibility index (Phi) is 7.06. The molecule has 1 aliphatic heterocycles. The van der Waals surface area contributed by atoms with Crippen molar-refractivity contribution < 1.29 is 17.9 Å². The van der Waals surface area contributed by atoms with E-state index in [-0.39, 0.29) is 16.8 Å². The number of sulfonamides is 1. The van der Waals surface area contributed by atoms with Crippen LogP contribution in [0.1, 0.15) is 46.5 Å². The summed E-state index contributed by atoms with van der Waals surface area (Å²) in [4.78, 5) is 12.8. The van der Waals surface area contributed by atoms with Crippen LogP contribution in [0.3, 0.4) is 0 Å². The Morgan fingerprint density at radius 3 is 2.46 bits per heavy atom. The van der Waals surface area contributed by atoms with Gasteiger partial charge in [-0.15, -0.1) is 0 Å². The average molecular weight is 383 g/mol. The van der Waals surface area contributed by atoms with Crippen molar-refractivity contribution in [2.45, 2.75) is 63.4 Å². The SMILES string of the molecule is COc1ccc(S(=O)(=O)N2CCC[C@@H]2C(=O)N[C@H](C)CCC(C)C)cc1. The minimum absolute atomic E-state index is 0.0380. The number of ether oxygens (including phenoxy) is 1. The topological polar surface area (TPSA) is 75.7 Å². The minimum atomic E-state index is -3.70. The van der Waals surface area contributed by atoms with Crippen LogP contribution in [-0.2, 0) is 14.8 Å². The Balaban J connectivity index is 2.09. The van der Waals surface area contributed by atoms with Crippen LogP contribution in [0.2, 0.25) is 0 Å². The van der Waals surface area contributed by atoms with Gasteiger partial charge in [0.2, 0.25) is 15.9 Å². The van der Waals surface area contributed by atoms with Crippen molar-refractivity contribution in [3.8, 4) is 5.75 Å². The fraction of sp³-hybridized carbons (Fsp3) is 0.632. The maximum atomic E-state index is 13.0. The van der Waals surface area contributed by atoms with Crippen molar-refractivity contribution >= 4 is 15.9 Å². The largest absolute Gasteiger partial charge is 0.497 e. The van der Waals surface area contributed by atoms with Crippen LogP contribution in [0, 0.1) is 5.92 Å². The second-order valence-corrected chi connectivity index (χ2v) is 9.22. The summed E-state index contributed by atoms with van der Waals surface area (Å²) in [5.41, 5.74) is 0. The van der Waals surface area contributed by atoms with Crippen LogP contribution in [-0.4, -0.2) is 44.4 Å². The molecule has 0 aliphatic carbocycles. The molecule has 0 saturated carbocycles. The molecule has 0 bridgehead atoms. The Morgan fingerprint density at radius 2 is 1.88 bits per heavy atom. The highest BCUT2D eigenvalue weighted by Crippen LogP contribution is 2.27. The summed E-state index contributed by atoms with van der Waals surface area (Å²) in [5.74, 6) is 0.974. The van der Waals surface area contributed by atoms with Crippen LogP contribution in [0.5, 0.6) is 5.75 Å². The molecule has 1 fully saturated rings. The molecule has 1 aliphatic rings. The van der Waals surface area contributed by atoms with E-state index in [0.29, 0.717) is 31.1 Å². The number of methoxy groups -OCH3 is 1. The Hall–Kier alpha value is -1.60. The first-order valence-corrected chi connectivity index (χ1v) is 10.7. The first-order chi connectivity index (χ1) is 12.3. The van der Waals surface area contributed by atoms with Crippen molar-refractivity contribution in [3.63, 3.8) is 0 Å². The first kappa shape index (κ1) is 20.7. The molecule has 0 spiro atoms. The number of hydrogen-bond donors (Lipinski definition) is 1. The van der Waals surface area contributed by atoms with Gasteiger partial charge in [0.15, 0.2) is 0 Å². The number of carbonyl (C=O) groups is 1. The number of carbonyl (C=O) groups excluding carboxylic acids is 1. The molecule has 1 aromatic carbocycles. The van der Waals surface area contributed by atoms with Crippen molar-refractivity contribution in [3.05, 3.63) is 24.3 Å². The smallest absolute Gasteiger partial charge is 0.243 e. The van der Waals surface area contributed by atoms with Gasteiger partial charge in [0.1, 0.15) is 11.8 Å². The zero-order chi connectivity index (χ0) is 19.3. The van der Waals surface area contributed by atoms with E-state index in [0.717, 1.165) is 12.8 Å². The summed E-state index contributed by atoms with van der Waals surface area (Å²) in [6, 6.07) is 5.68. The number of nitrogens with zero attached hydrogens (tertiary/aromatic N) is 1. The van der Waals surface area contributed by atoms with Crippen molar-refractivity contribution in [1.29, 1.82) is 0 Å². The zero-order valence-corrected chi connectivity index (χ0v) is 16.9. The zero-order valence-electron chi connectivity index (χ0n) is 16.1. The first-order valence-electron chi connectivity index (χ1n) is 9.22. The van der Waals surface area contributed by atoms with Gasteiger partial charge in [0.25, 0.3) is 0 Å². The molecule has 26 heavy (non-hydrogen) atoms. The van der Waals surface area contributed by atoms with E-state index in [1.54, 1.807) is 12.1 Å². The summed E-state index contributed by atoms with van der Waals surface area (Å²) < 4.78 is 32.3. The van der Waals surface area contributed by atoms with E-state index >= 15 is 0 Å². The van der Waals surface area contributed by atoms with Gasteiger partial charge in [0, 0.05) is 12.6 Å². The molecule has 0 radical (unpaired) electrons. The third-order valence-corrected chi connectivity index (χ3v) is 6.66. The minimum Gasteiger partial charge on any atom is -0.497 e. The van der Waals surface area contributed by atoms with Gasteiger partial charge in [0.05, 0.1) is 12.0 Å². The lowest BCUT2D eigenvalue weighted by Crippen LogP contribution is -2.48. The molecule has 0 unspecified atom stereocenters. The Labute approximate surface area is 157 Å². The van der Waals surface area contributed by atoms with E-state index < -0.39 is 16.1 Å². The maximum Gasteiger partial charge on any atom is 0.243 e. The molecular formula is C19H30N2O4S. The van der Waals surface area contributed by atoms with Crippen LogP contribution in [0.25, 0.3) is 0 Å². The molecule has 2 rings (SSSR count). The summed E-state index contributed by atoms with van der Waals surface area (Å²) >= 11 is 0. The van der Waals surface area contributed by atoms with Crippen LogP contribution >= 0.6 is 0 Å². The monoisotopic (exact) mass is 382 g/mol. The third kappa shape index (κ3) is 4.98. The predicted octanol–water partition coefficient (Wildman–Crippen LogP) is 2.79. The molecule has 1 N–H and O–H groups in total. The van der Waals surface area contributed by atoms with Gasteiger partial charge >= 0.3 is 0 Å². The van der Waals surface area contributed by atoms with Gasteiger partial charge in [-0.1, -0.05) is 13.8 Å². The van der Waals surface area contributed by atoms with Gasteiger partial charge in [-0.2, -0.15) is 4.31 Å². The summed E-state index contributed by atoms with van der Waals surface area (Å²) in [6.07, 6.45) is 3.16. The molecular weight excluding hydrogens is 352 g/mol. The fourth-order valence-corrected chi connectivity index (χ4v) is 4.82. The second kappa shape index (κ2) is 8.86. The standard InChI is InChI=1S/C19H30N2O4S/c1-14(2)7-8-15(3)20-19(22)18-6-5-13-21(18)26(23,24)17-11-9-16(25-4)10-12-17/h9-12,14-15,18H,5-8,13H2,1-4H3,(H,20,22)/t15-,18-/m1/s1. The highest BCUT2D eigenvalue weighted by Gasteiger charge is 2.39. The summed E-state index contributed by atoms with van der Waals surface area (Å²) in [5, 5.41) is 2.98. The van der Waals surface area contributed by atoms with Crippen LogP contribution in [0.15, 0.2) is 29.2 Å². The molecule has 7 heteroatoms. The molecule has 1 aromatic rings. The molecule has 2 atom stereocenters. The highest BCUT2D eigenvalue weighted by molar-refractivity contribution is 7.89.